The van der Waals surface area contributed by atoms with Crippen LogP contribution in [-0.2, 0) is 9.53 Å². The summed E-state index contributed by atoms with van der Waals surface area (Å²) in [4.78, 5) is 26.7. The molecule has 0 N–H and O–H groups in total. The first kappa shape index (κ1) is 16.6. The van der Waals surface area contributed by atoms with Crippen molar-refractivity contribution in [1.29, 1.82) is 0 Å². The lowest BCUT2D eigenvalue weighted by Gasteiger charge is -2.12. The topological polar surface area (TPSA) is 99.6 Å². The number of benzene rings is 1. The Bertz CT molecular complexity index is 933. The van der Waals surface area contributed by atoms with Crippen LogP contribution in [0.1, 0.15) is 25.5 Å². The summed E-state index contributed by atoms with van der Waals surface area (Å²) < 4.78 is 6.67. The number of aromatic nitrogens is 3. The van der Waals surface area contributed by atoms with Crippen LogP contribution in [0, 0.1) is 10.1 Å². The molecule has 0 aliphatic heterocycles. The predicted molar refractivity (Wildman–Crippen MR) is 90.1 cm³/mol. The number of hydrogen-bond acceptors (Lipinski definition) is 6. The maximum absolute atomic E-state index is 12.0. The fraction of sp³-hybridized carbons (Fsp3) is 0.235. The Morgan fingerprint density at radius 2 is 2.04 bits per heavy atom. The van der Waals surface area contributed by atoms with Crippen molar-refractivity contribution < 1.29 is 14.5 Å². The Morgan fingerprint density at radius 3 is 2.68 bits per heavy atom. The van der Waals surface area contributed by atoms with Crippen LogP contribution >= 0.6 is 0 Å². The molecule has 0 radical (unpaired) electrons. The number of ether oxygens (including phenoxy) is 1. The minimum Gasteiger partial charge on any atom is -0.465 e. The average molecular weight is 340 g/mol. The van der Waals surface area contributed by atoms with E-state index in [9.17, 15) is 14.9 Å². The lowest BCUT2D eigenvalue weighted by atomic mass is 10.1. The Balaban J connectivity index is 2.04. The number of nitro groups is 1. The van der Waals surface area contributed by atoms with Gasteiger partial charge >= 0.3 is 5.97 Å². The molecule has 0 aliphatic rings. The Labute approximate surface area is 143 Å². The van der Waals surface area contributed by atoms with Crippen molar-refractivity contribution in [2.45, 2.75) is 19.8 Å². The second-order valence-corrected chi connectivity index (χ2v) is 5.44. The summed E-state index contributed by atoms with van der Waals surface area (Å²) >= 11 is 0. The maximum Gasteiger partial charge on any atom is 0.314 e. The summed E-state index contributed by atoms with van der Waals surface area (Å²) in [6.07, 6.45) is 3.24. The normalized spacial score (nSPS) is 12.1. The van der Waals surface area contributed by atoms with E-state index >= 15 is 0 Å². The quantitative estimate of drug-likeness (QED) is 0.402. The molecule has 128 valence electrons. The van der Waals surface area contributed by atoms with Crippen molar-refractivity contribution in [3.8, 4) is 11.1 Å². The van der Waals surface area contributed by atoms with E-state index in [2.05, 4.69) is 10.1 Å². The lowest BCUT2D eigenvalue weighted by molar-refractivity contribution is -0.384. The molecule has 1 aromatic carbocycles. The summed E-state index contributed by atoms with van der Waals surface area (Å²) in [5, 5.41) is 15.1. The van der Waals surface area contributed by atoms with Crippen molar-refractivity contribution in [2.24, 2.45) is 0 Å². The average Bonchev–Trinajstić information content (AvgIpc) is 3.05. The number of non-ortho nitro benzene ring substituents is 1. The van der Waals surface area contributed by atoms with E-state index in [-0.39, 0.29) is 11.7 Å². The zero-order valence-electron chi connectivity index (χ0n) is 13.7. The van der Waals surface area contributed by atoms with Gasteiger partial charge in [0.2, 0.25) is 0 Å². The second kappa shape index (κ2) is 6.68. The van der Waals surface area contributed by atoms with Crippen LogP contribution in [0.2, 0.25) is 0 Å². The highest BCUT2D eigenvalue weighted by Gasteiger charge is 2.21. The summed E-state index contributed by atoms with van der Waals surface area (Å²) in [7, 11) is 0. The Morgan fingerprint density at radius 1 is 1.32 bits per heavy atom. The van der Waals surface area contributed by atoms with Crippen molar-refractivity contribution in [3.63, 3.8) is 0 Å². The third kappa shape index (κ3) is 3.06. The van der Waals surface area contributed by atoms with Crippen LogP contribution in [0.3, 0.4) is 0 Å². The minimum atomic E-state index is -0.491. The van der Waals surface area contributed by atoms with Crippen LogP contribution in [-0.4, -0.2) is 32.1 Å². The summed E-state index contributed by atoms with van der Waals surface area (Å²) in [6, 6.07) is 7.89. The molecule has 2 aromatic heterocycles. The SMILES string of the molecule is CCOC(=O)[C@@H](C)c1ccnc2c(-c3ccc([N+](=O)[O-])cc3)cnn12. The molecule has 1 atom stereocenters. The van der Waals surface area contributed by atoms with Gasteiger partial charge in [-0.25, -0.2) is 9.50 Å². The van der Waals surface area contributed by atoms with Crippen molar-refractivity contribution in [2.75, 3.05) is 6.61 Å². The molecular formula is C17H16N4O4. The van der Waals surface area contributed by atoms with Gasteiger partial charge in [-0.15, -0.1) is 0 Å². The molecular weight excluding hydrogens is 324 g/mol. The molecule has 8 heteroatoms. The molecule has 25 heavy (non-hydrogen) atoms. The van der Waals surface area contributed by atoms with Gasteiger partial charge in [0, 0.05) is 23.9 Å². The first-order valence-corrected chi connectivity index (χ1v) is 7.77. The van der Waals surface area contributed by atoms with Gasteiger partial charge < -0.3 is 4.74 Å². The number of esters is 1. The van der Waals surface area contributed by atoms with E-state index in [4.69, 9.17) is 4.74 Å². The number of hydrogen-bond donors (Lipinski definition) is 0. The molecule has 2 heterocycles. The van der Waals surface area contributed by atoms with Gasteiger partial charge in [0.15, 0.2) is 5.65 Å². The first-order valence-electron chi connectivity index (χ1n) is 7.77. The number of carbonyl (C=O) groups excluding carboxylic acids is 1. The van der Waals surface area contributed by atoms with E-state index in [0.717, 1.165) is 11.1 Å². The van der Waals surface area contributed by atoms with E-state index in [1.807, 2.05) is 0 Å². The molecule has 3 aromatic rings. The number of fused-ring (bicyclic) bond motifs is 1. The van der Waals surface area contributed by atoms with Crippen LogP contribution < -0.4 is 0 Å². The molecule has 0 spiro atoms. The van der Waals surface area contributed by atoms with Crippen molar-refractivity contribution in [1.82, 2.24) is 14.6 Å². The molecule has 8 nitrogen and oxygen atoms in total. The molecule has 0 saturated heterocycles. The predicted octanol–water partition coefficient (Wildman–Crippen LogP) is 2.97. The largest absolute Gasteiger partial charge is 0.465 e. The lowest BCUT2D eigenvalue weighted by Crippen LogP contribution is -2.16. The van der Waals surface area contributed by atoms with Crippen LogP contribution in [0.5, 0.6) is 0 Å². The smallest absolute Gasteiger partial charge is 0.314 e. The molecule has 0 saturated carbocycles. The van der Waals surface area contributed by atoms with Gasteiger partial charge in [0.05, 0.1) is 29.3 Å². The number of rotatable bonds is 5. The number of nitrogens with zero attached hydrogens (tertiary/aromatic N) is 4. The standard InChI is InChI=1S/C17H16N4O4/c1-3-25-17(22)11(2)15-8-9-18-16-14(10-19-20(15)16)12-4-6-13(7-5-12)21(23)24/h4-11H,3H2,1-2H3/t11-/m0/s1. The van der Waals surface area contributed by atoms with Crippen LogP contribution in [0.25, 0.3) is 16.8 Å². The van der Waals surface area contributed by atoms with Crippen LogP contribution in [0.4, 0.5) is 5.69 Å². The van der Waals surface area contributed by atoms with Gasteiger partial charge in [0.25, 0.3) is 5.69 Å². The van der Waals surface area contributed by atoms with E-state index < -0.39 is 10.8 Å². The Hall–Kier alpha value is -3.29. The van der Waals surface area contributed by atoms with Crippen molar-refractivity contribution in [3.05, 3.63) is 58.5 Å². The van der Waals surface area contributed by atoms with Gasteiger partial charge in [0.1, 0.15) is 0 Å². The van der Waals surface area contributed by atoms with E-state index in [1.54, 1.807) is 49.0 Å². The zero-order chi connectivity index (χ0) is 18.0. The molecule has 0 fully saturated rings. The van der Waals surface area contributed by atoms with E-state index in [1.165, 1.54) is 12.1 Å². The van der Waals surface area contributed by atoms with E-state index in [0.29, 0.717) is 17.9 Å². The Kier molecular flexibility index (Phi) is 4.42. The third-order valence-corrected chi connectivity index (χ3v) is 3.90. The minimum absolute atomic E-state index is 0.0183. The zero-order valence-corrected chi connectivity index (χ0v) is 13.7. The molecule has 0 bridgehead atoms. The third-order valence-electron chi connectivity index (χ3n) is 3.90. The summed E-state index contributed by atoms with van der Waals surface area (Å²) in [5.41, 5.74) is 2.74. The van der Waals surface area contributed by atoms with Crippen molar-refractivity contribution >= 4 is 17.3 Å². The first-order chi connectivity index (χ1) is 12.0. The fourth-order valence-corrected chi connectivity index (χ4v) is 2.59. The highest BCUT2D eigenvalue weighted by atomic mass is 16.6. The van der Waals surface area contributed by atoms with Gasteiger partial charge in [-0.1, -0.05) is 0 Å². The van der Waals surface area contributed by atoms with Gasteiger partial charge in [-0.2, -0.15) is 5.10 Å². The van der Waals surface area contributed by atoms with Gasteiger partial charge in [-0.3, -0.25) is 14.9 Å². The molecule has 0 amide bonds. The highest BCUT2D eigenvalue weighted by molar-refractivity contribution is 5.80. The molecule has 0 unspecified atom stereocenters. The monoisotopic (exact) mass is 340 g/mol. The fourth-order valence-electron chi connectivity index (χ4n) is 2.59. The molecule has 3 rings (SSSR count). The van der Waals surface area contributed by atoms with Gasteiger partial charge in [-0.05, 0) is 37.6 Å². The maximum atomic E-state index is 12.0. The second-order valence-electron chi connectivity index (χ2n) is 5.44. The number of nitro benzene ring substituents is 1. The molecule has 0 aliphatic carbocycles. The number of carbonyl (C=O) groups is 1. The summed E-state index contributed by atoms with van der Waals surface area (Å²) in [5.74, 6) is -0.822. The van der Waals surface area contributed by atoms with Crippen LogP contribution in [0.15, 0.2) is 42.7 Å². The summed E-state index contributed by atoms with van der Waals surface area (Å²) in [6.45, 7) is 3.82. The highest BCUT2D eigenvalue weighted by Crippen LogP contribution is 2.27.